The standard InChI is InChI=1S/C12H13F4NO/c1-2-17(8-12(14,15)16)7-11(18)9-3-5-10(13)6-4-9/h3-6H,2,7-8H2,1H3. The second-order valence-corrected chi connectivity index (χ2v) is 3.85. The maximum absolute atomic E-state index is 12.6. The SMILES string of the molecule is CCN(CC(=O)c1ccc(F)cc1)CC(F)(F)F. The Labute approximate surface area is 102 Å². The minimum absolute atomic E-state index is 0.118. The third kappa shape index (κ3) is 4.83. The fourth-order valence-corrected chi connectivity index (χ4v) is 1.46. The van der Waals surface area contributed by atoms with Gasteiger partial charge in [0.2, 0.25) is 0 Å². The highest BCUT2D eigenvalue weighted by atomic mass is 19.4. The summed E-state index contributed by atoms with van der Waals surface area (Å²) in [6, 6.07) is 4.73. The van der Waals surface area contributed by atoms with Gasteiger partial charge in [-0.1, -0.05) is 6.92 Å². The number of Topliss-reactive ketones (excluding diaryl/α,β-unsaturated/α-hetero) is 1. The molecule has 0 aliphatic heterocycles. The van der Waals surface area contributed by atoms with Gasteiger partial charge in [0.25, 0.3) is 0 Å². The number of hydrogen-bond donors (Lipinski definition) is 0. The maximum Gasteiger partial charge on any atom is 0.401 e. The van der Waals surface area contributed by atoms with E-state index in [1.165, 1.54) is 12.1 Å². The summed E-state index contributed by atoms with van der Waals surface area (Å²) in [4.78, 5) is 12.7. The van der Waals surface area contributed by atoms with Crippen molar-refractivity contribution in [1.29, 1.82) is 0 Å². The zero-order valence-electron chi connectivity index (χ0n) is 9.80. The van der Waals surface area contributed by atoms with Crippen molar-refractivity contribution in [3.05, 3.63) is 35.6 Å². The van der Waals surface area contributed by atoms with Gasteiger partial charge in [-0.25, -0.2) is 4.39 Å². The van der Waals surface area contributed by atoms with Gasteiger partial charge >= 0.3 is 6.18 Å². The lowest BCUT2D eigenvalue weighted by atomic mass is 10.1. The van der Waals surface area contributed by atoms with Crippen LogP contribution >= 0.6 is 0 Å². The topological polar surface area (TPSA) is 20.3 Å². The van der Waals surface area contributed by atoms with Crippen LogP contribution < -0.4 is 0 Å². The van der Waals surface area contributed by atoms with Crippen LogP contribution in [0.3, 0.4) is 0 Å². The number of alkyl halides is 3. The molecule has 1 aromatic carbocycles. The van der Waals surface area contributed by atoms with Gasteiger partial charge in [0, 0.05) is 5.56 Å². The van der Waals surface area contributed by atoms with Crippen molar-refractivity contribution < 1.29 is 22.4 Å². The van der Waals surface area contributed by atoms with Gasteiger partial charge < -0.3 is 0 Å². The molecule has 2 nitrogen and oxygen atoms in total. The molecule has 0 spiro atoms. The number of likely N-dealkylation sites (N-methyl/N-ethyl adjacent to an activating group) is 1. The predicted molar refractivity (Wildman–Crippen MR) is 58.9 cm³/mol. The molecule has 0 radical (unpaired) electrons. The molecule has 18 heavy (non-hydrogen) atoms. The summed E-state index contributed by atoms with van der Waals surface area (Å²) < 4.78 is 49.2. The molecule has 1 aromatic rings. The number of hydrogen-bond acceptors (Lipinski definition) is 2. The summed E-state index contributed by atoms with van der Waals surface area (Å²) in [7, 11) is 0. The van der Waals surface area contributed by atoms with Gasteiger partial charge in [-0.2, -0.15) is 13.2 Å². The van der Waals surface area contributed by atoms with Crippen LogP contribution in [0, 0.1) is 5.82 Å². The Morgan fingerprint density at radius 3 is 2.22 bits per heavy atom. The van der Waals surface area contributed by atoms with Crippen molar-refractivity contribution >= 4 is 5.78 Å². The van der Waals surface area contributed by atoms with Crippen LogP contribution in [0.4, 0.5) is 17.6 Å². The quantitative estimate of drug-likeness (QED) is 0.601. The summed E-state index contributed by atoms with van der Waals surface area (Å²) in [5.41, 5.74) is 0.206. The predicted octanol–water partition coefficient (Wildman–Crippen LogP) is 2.89. The van der Waals surface area contributed by atoms with E-state index in [0.29, 0.717) is 0 Å². The first-order chi connectivity index (χ1) is 8.31. The minimum atomic E-state index is -4.33. The van der Waals surface area contributed by atoms with Gasteiger partial charge in [-0.15, -0.1) is 0 Å². The molecule has 0 atom stereocenters. The Balaban J connectivity index is 2.65. The van der Waals surface area contributed by atoms with E-state index in [1.54, 1.807) is 6.92 Å². The number of rotatable bonds is 5. The monoisotopic (exact) mass is 263 g/mol. The molecule has 0 amide bonds. The summed E-state index contributed by atoms with van der Waals surface area (Å²) in [6.07, 6.45) is -4.33. The lowest BCUT2D eigenvalue weighted by Gasteiger charge is -2.20. The number of ketones is 1. The lowest BCUT2D eigenvalue weighted by molar-refractivity contribution is -0.144. The van der Waals surface area contributed by atoms with Crippen LogP contribution in [-0.4, -0.2) is 36.5 Å². The van der Waals surface area contributed by atoms with Crippen molar-refractivity contribution in [2.75, 3.05) is 19.6 Å². The molecule has 0 saturated heterocycles. The number of halogens is 4. The molecule has 0 saturated carbocycles. The smallest absolute Gasteiger partial charge is 0.293 e. The Bertz CT molecular complexity index is 400. The minimum Gasteiger partial charge on any atom is -0.293 e. The van der Waals surface area contributed by atoms with E-state index in [9.17, 15) is 22.4 Å². The Kier molecular flexibility index (Phi) is 4.84. The number of benzene rings is 1. The third-order valence-corrected chi connectivity index (χ3v) is 2.38. The third-order valence-electron chi connectivity index (χ3n) is 2.38. The molecule has 0 aliphatic rings. The number of carbonyl (C=O) groups is 1. The highest BCUT2D eigenvalue weighted by molar-refractivity contribution is 5.97. The van der Waals surface area contributed by atoms with Crippen LogP contribution in [0.25, 0.3) is 0 Å². The molecule has 0 bridgehead atoms. The van der Waals surface area contributed by atoms with Gasteiger partial charge in [0.1, 0.15) is 5.82 Å². The molecule has 100 valence electrons. The lowest BCUT2D eigenvalue weighted by Crippen LogP contribution is -2.37. The molecular weight excluding hydrogens is 250 g/mol. The highest BCUT2D eigenvalue weighted by Crippen LogP contribution is 2.16. The van der Waals surface area contributed by atoms with Gasteiger partial charge in [-0.05, 0) is 30.8 Å². The highest BCUT2D eigenvalue weighted by Gasteiger charge is 2.30. The van der Waals surface area contributed by atoms with Crippen LogP contribution in [0.5, 0.6) is 0 Å². The summed E-state index contributed by atoms with van der Waals surface area (Å²) >= 11 is 0. The Morgan fingerprint density at radius 1 is 1.22 bits per heavy atom. The number of nitrogens with zero attached hydrogens (tertiary/aromatic N) is 1. The van der Waals surface area contributed by atoms with Crippen molar-refractivity contribution in [3.8, 4) is 0 Å². The normalized spacial score (nSPS) is 11.9. The largest absolute Gasteiger partial charge is 0.401 e. The molecule has 6 heteroatoms. The van der Waals surface area contributed by atoms with E-state index >= 15 is 0 Å². The van der Waals surface area contributed by atoms with Crippen molar-refractivity contribution in [2.45, 2.75) is 13.1 Å². The molecule has 1 rings (SSSR count). The second-order valence-electron chi connectivity index (χ2n) is 3.85. The maximum atomic E-state index is 12.6. The van der Waals surface area contributed by atoms with Gasteiger partial charge in [0.15, 0.2) is 5.78 Å². The zero-order chi connectivity index (χ0) is 13.8. The van der Waals surface area contributed by atoms with Crippen molar-refractivity contribution in [1.82, 2.24) is 4.90 Å². The number of carbonyl (C=O) groups excluding carboxylic acids is 1. The van der Waals surface area contributed by atoms with Crippen LogP contribution in [0.2, 0.25) is 0 Å². The first-order valence-corrected chi connectivity index (χ1v) is 5.39. The first kappa shape index (κ1) is 14.6. The van der Waals surface area contributed by atoms with E-state index in [0.717, 1.165) is 17.0 Å². The van der Waals surface area contributed by atoms with Crippen molar-refractivity contribution in [2.24, 2.45) is 0 Å². The van der Waals surface area contributed by atoms with E-state index < -0.39 is 24.3 Å². The molecule has 0 heterocycles. The molecule has 0 unspecified atom stereocenters. The van der Waals surface area contributed by atoms with E-state index in [1.807, 2.05) is 0 Å². The van der Waals surface area contributed by atoms with E-state index in [-0.39, 0.29) is 18.7 Å². The van der Waals surface area contributed by atoms with Crippen LogP contribution in [0.1, 0.15) is 17.3 Å². The van der Waals surface area contributed by atoms with Crippen LogP contribution in [-0.2, 0) is 0 Å². The Hall–Kier alpha value is -1.43. The summed E-state index contributed by atoms with van der Waals surface area (Å²) in [5, 5.41) is 0. The van der Waals surface area contributed by atoms with Crippen molar-refractivity contribution in [3.63, 3.8) is 0 Å². The fourth-order valence-electron chi connectivity index (χ4n) is 1.46. The van der Waals surface area contributed by atoms with Gasteiger partial charge in [0.05, 0.1) is 13.1 Å². The average Bonchev–Trinajstić information content (AvgIpc) is 2.27. The fraction of sp³-hybridized carbons (Fsp3) is 0.417. The summed E-state index contributed by atoms with van der Waals surface area (Å²) in [5.74, 6) is -0.949. The average molecular weight is 263 g/mol. The molecule has 0 aromatic heterocycles. The molecular formula is C12H13F4NO. The first-order valence-electron chi connectivity index (χ1n) is 5.39. The molecule has 0 fully saturated rings. The molecule has 0 N–H and O–H groups in total. The van der Waals surface area contributed by atoms with E-state index in [2.05, 4.69) is 0 Å². The second kappa shape index (κ2) is 5.95. The van der Waals surface area contributed by atoms with Gasteiger partial charge in [-0.3, -0.25) is 9.69 Å². The Morgan fingerprint density at radius 2 is 1.78 bits per heavy atom. The summed E-state index contributed by atoms with van der Waals surface area (Å²) in [6.45, 7) is 0.203. The zero-order valence-corrected chi connectivity index (χ0v) is 9.80. The molecule has 0 aliphatic carbocycles. The van der Waals surface area contributed by atoms with E-state index in [4.69, 9.17) is 0 Å². The van der Waals surface area contributed by atoms with Crippen LogP contribution in [0.15, 0.2) is 24.3 Å².